The van der Waals surface area contributed by atoms with Crippen molar-refractivity contribution in [1.29, 1.82) is 0 Å². The Kier molecular flexibility index (Phi) is 5.46. The molecular weight excluding hydrogens is 380 g/mol. The molecule has 1 aromatic carbocycles. The molecule has 0 spiro atoms. The fourth-order valence-corrected chi connectivity index (χ4v) is 4.34. The second-order valence-corrected chi connectivity index (χ2v) is 8.92. The summed E-state index contributed by atoms with van der Waals surface area (Å²) in [7, 11) is 0. The van der Waals surface area contributed by atoms with Gasteiger partial charge in [0.1, 0.15) is 13.1 Å². The van der Waals surface area contributed by atoms with Gasteiger partial charge in [-0.3, -0.25) is 4.79 Å². The summed E-state index contributed by atoms with van der Waals surface area (Å²) in [6.07, 6.45) is 0.878. The van der Waals surface area contributed by atoms with Gasteiger partial charge in [-0.25, -0.2) is 4.68 Å². The molecule has 1 saturated heterocycles. The Morgan fingerprint density at radius 3 is 2.67 bits per heavy atom. The van der Waals surface area contributed by atoms with Gasteiger partial charge in [0.05, 0.1) is 29.8 Å². The summed E-state index contributed by atoms with van der Waals surface area (Å²) in [5.41, 5.74) is 3.50. The molecule has 0 amide bonds. The lowest BCUT2D eigenvalue weighted by Gasteiger charge is -2.32. The van der Waals surface area contributed by atoms with Gasteiger partial charge in [0, 0.05) is 0 Å². The van der Waals surface area contributed by atoms with Gasteiger partial charge in [0.2, 0.25) is 5.82 Å². The molecule has 0 aliphatic carbocycles. The highest BCUT2D eigenvalue weighted by Gasteiger charge is 2.37. The lowest BCUT2D eigenvalue weighted by Crippen LogP contribution is -3.14. The third-order valence-electron chi connectivity index (χ3n) is 6.37. The predicted octanol–water partition coefficient (Wildman–Crippen LogP) is 1.28. The highest BCUT2D eigenvalue weighted by Crippen LogP contribution is 2.25. The topological polar surface area (TPSA) is 90.1 Å². The van der Waals surface area contributed by atoms with E-state index in [0.717, 1.165) is 41.8 Å². The van der Waals surface area contributed by atoms with Gasteiger partial charge >= 0.3 is 0 Å². The molecule has 8 heteroatoms. The molecule has 160 valence electrons. The average molecular weight is 412 g/mol. The minimum absolute atomic E-state index is 0.0812. The van der Waals surface area contributed by atoms with Gasteiger partial charge in [-0.1, -0.05) is 18.6 Å². The number of tetrazole rings is 1. The van der Waals surface area contributed by atoms with Gasteiger partial charge in [-0.15, -0.1) is 5.10 Å². The number of ether oxygens (including phenoxy) is 1. The second-order valence-electron chi connectivity index (χ2n) is 8.92. The zero-order valence-corrected chi connectivity index (χ0v) is 18.5. The smallest absolute Gasteiger partial charge is 0.258 e. The summed E-state index contributed by atoms with van der Waals surface area (Å²) in [4.78, 5) is 17.7. The van der Waals surface area contributed by atoms with E-state index in [9.17, 15) is 4.79 Å². The molecule has 4 rings (SSSR count). The standard InChI is InChI=1S/C22H30N6O2/c1-6-22(4,5)28-20(24-25-26-28)19(27-7-9-30-10-8-27)17-13-16-12-14(2)11-15(3)18(16)23-21(17)29/h11-13,19H,6-10H2,1-5H3,(H,23,29)/p+1/t19-/m1/s1. The molecule has 3 aromatic rings. The number of hydrogen-bond acceptors (Lipinski definition) is 5. The molecule has 3 heterocycles. The predicted molar refractivity (Wildman–Crippen MR) is 115 cm³/mol. The normalized spacial score (nSPS) is 16.8. The maximum absolute atomic E-state index is 13.3. The van der Waals surface area contributed by atoms with E-state index in [-0.39, 0.29) is 17.1 Å². The Labute approximate surface area is 176 Å². The van der Waals surface area contributed by atoms with Crippen molar-refractivity contribution in [3.8, 4) is 0 Å². The van der Waals surface area contributed by atoms with Crippen molar-refractivity contribution in [1.82, 2.24) is 25.2 Å². The SMILES string of the molecule is CCC(C)(C)n1nnnc1[C@@H](c1cc2cc(C)cc(C)c2[nH]c1=O)[NH+]1CCOCC1. The van der Waals surface area contributed by atoms with E-state index in [1.165, 1.54) is 10.5 Å². The third kappa shape index (κ3) is 3.65. The number of benzene rings is 1. The Morgan fingerprint density at radius 1 is 1.23 bits per heavy atom. The number of hydrogen-bond donors (Lipinski definition) is 2. The van der Waals surface area contributed by atoms with E-state index in [1.54, 1.807) is 0 Å². The number of aryl methyl sites for hydroxylation is 2. The van der Waals surface area contributed by atoms with Crippen LogP contribution in [0.5, 0.6) is 0 Å². The first-order valence-corrected chi connectivity index (χ1v) is 10.7. The van der Waals surface area contributed by atoms with E-state index in [2.05, 4.69) is 60.3 Å². The van der Waals surface area contributed by atoms with Crippen LogP contribution in [0.3, 0.4) is 0 Å². The van der Waals surface area contributed by atoms with Crippen LogP contribution in [-0.2, 0) is 10.3 Å². The van der Waals surface area contributed by atoms with Crippen molar-refractivity contribution in [3.63, 3.8) is 0 Å². The number of H-pyrrole nitrogens is 1. The Balaban J connectivity index is 1.93. The van der Waals surface area contributed by atoms with Crippen LogP contribution in [0.1, 0.15) is 55.7 Å². The Bertz CT molecular complexity index is 1110. The molecule has 1 fully saturated rings. The van der Waals surface area contributed by atoms with Gasteiger partial charge < -0.3 is 14.6 Å². The van der Waals surface area contributed by atoms with Crippen LogP contribution in [0.4, 0.5) is 0 Å². The van der Waals surface area contributed by atoms with Gasteiger partial charge in [-0.05, 0) is 67.6 Å². The second kappa shape index (κ2) is 7.92. The zero-order chi connectivity index (χ0) is 21.5. The monoisotopic (exact) mass is 411 g/mol. The molecule has 1 atom stereocenters. The van der Waals surface area contributed by atoms with E-state index in [4.69, 9.17) is 4.74 Å². The number of pyridine rings is 1. The average Bonchev–Trinajstić information content (AvgIpc) is 3.20. The summed E-state index contributed by atoms with van der Waals surface area (Å²) in [5, 5.41) is 13.8. The van der Waals surface area contributed by atoms with Crippen molar-refractivity contribution in [3.05, 3.63) is 51.1 Å². The minimum Gasteiger partial charge on any atom is -0.370 e. The van der Waals surface area contributed by atoms with Crippen LogP contribution >= 0.6 is 0 Å². The molecule has 2 aromatic heterocycles. The number of nitrogens with one attached hydrogen (secondary N) is 2. The number of morpholine rings is 1. The first kappa shape index (κ1) is 20.7. The van der Waals surface area contributed by atoms with E-state index in [1.807, 2.05) is 17.7 Å². The van der Waals surface area contributed by atoms with E-state index in [0.29, 0.717) is 18.8 Å². The van der Waals surface area contributed by atoms with Crippen LogP contribution in [-0.4, -0.2) is 51.5 Å². The van der Waals surface area contributed by atoms with Crippen LogP contribution in [0, 0.1) is 13.8 Å². The highest BCUT2D eigenvalue weighted by atomic mass is 16.5. The Morgan fingerprint density at radius 2 is 1.97 bits per heavy atom. The van der Waals surface area contributed by atoms with E-state index < -0.39 is 0 Å². The maximum Gasteiger partial charge on any atom is 0.258 e. The summed E-state index contributed by atoms with van der Waals surface area (Å²) in [5.74, 6) is 0.730. The number of fused-ring (bicyclic) bond motifs is 1. The molecule has 2 N–H and O–H groups in total. The van der Waals surface area contributed by atoms with Gasteiger partial charge in [-0.2, -0.15) is 0 Å². The zero-order valence-electron chi connectivity index (χ0n) is 18.5. The first-order chi connectivity index (χ1) is 14.3. The molecule has 0 bridgehead atoms. The first-order valence-electron chi connectivity index (χ1n) is 10.7. The molecule has 30 heavy (non-hydrogen) atoms. The minimum atomic E-state index is -0.260. The van der Waals surface area contributed by atoms with Crippen molar-refractivity contribution >= 4 is 10.9 Å². The number of nitrogens with zero attached hydrogens (tertiary/aromatic N) is 4. The number of rotatable bonds is 5. The van der Waals surface area contributed by atoms with Crippen molar-refractivity contribution in [2.75, 3.05) is 26.3 Å². The van der Waals surface area contributed by atoms with Crippen molar-refractivity contribution in [2.45, 2.75) is 52.6 Å². The van der Waals surface area contributed by atoms with Crippen molar-refractivity contribution < 1.29 is 9.64 Å². The van der Waals surface area contributed by atoms with Crippen molar-refractivity contribution in [2.24, 2.45) is 0 Å². The van der Waals surface area contributed by atoms with Gasteiger partial charge in [0.25, 0.3) is 5.56 Å². The molecule has 0 radical (unpaired) electrons. The molecule has 0 unspecified atom stereocenters. The highest BCUT2D eigenvalue weighted by molar-refractivity contribution is 5.83. The molecule has 1 aliphatic rings. The fraction of sp³-hybridized carbons (Fsp3) is 0.545. The molecule has 8 nitrogen and oxygen atoms in total. The maximum atomic E-state index is 13.3. The van der Waals surface area contributed by atoms with Crippen LogP contribution in [0.15, 0.2) is 23.0 Å². The quantitative estimate of drug-likeness (QED) is 0.660. The van der Waals surface area contributed by atoms with Crippen LogP contribution < -0.4 is 10.5 Å². The third-order valence-corrected chi connectivity index (χ3v) is 6.37. The fourth-order valence-electron chi connectivity index (χ4n) is 4.34. The Hall–Kier alpha value is -2.58. The van der Waals surface area contributed by atoms with E-state index >= 15 is 0 Å². The molecule has 0 saturated carbocycles. The van der Waals surface area contributed by atoms with Crippen LogP contribution in [0.2, 0.25) is 0 Å². The lowest BCUT2D eigenvalue weighted by molar-refractivity contribution is -0.934. The summed E-state index contributed by atoms with van der Waals surface area (Å²) < 4.78 is 7.48. The number of aromatic nitrogens is 5. The largest absolute Gasteiger partial charge is 0.370 e. The van der Waals surface area contributed by atoms with Gasteiger partial charge in [0.15, 0.2) is 6.04 Å². The van der Waals surface area contributed by atoms with Crippen LogP contribution in [0.25, 0.3) is 10.9 Å². The molecule has 1 aliphatic heterocycles. The lowest BCUT2D eigenvalue weighted by atomic mass is 9.98. The number of quaternary nitrogens is 1. The summed E-state index contributed by atoms with van der Waals surface area (Å²) in [6, 6.07) is 5.97. The molecular formula is C22H31N6O2+. The summed E-state index contributed by atoms with van der Waals surface area (Å²) >= 11 is 0. The summed E-state index contributed by atoms with van der Waals surface area (Å²) in [6.45, 7) is 13.4. The number of aromatic amines is 1.